The van der Waals surface area contributed by atoms with Crippen LogP contribution in [-0.2, 0) is 28.3 Å². The second-order valence-corrected chi connectivity index (χ2v) is 11.5. The molecular weight excluding hydrogens is 511 g/mol. The van der Waals surface area contributed by atoms with Gasteiger partial charge in [-0.05, 0) is 49.6 Å². The standard InChI is InChI=1S/C29H32Cl2N2O2S/c1-29(2,3)32-28(35)26(16-21-10-6-4-7-11-21)33(18-22-12-8-5-9-13-22)27(34)20-36-19-23-14-15-24(30)17-25(23)31/h4-15,17,26H,16,18-20H2,1-3H3,(H,32,35)/t26-/m0/s1. The van der Waals surface area contributed by atoms with Gasteiger partial charge in [0.25, 0.3) is 0 Å². The summed E-state index contributed by atoms with van der Waals surface area (Å²) in [6, 6.07) is 24.3. The molecule has 0 spiro atoms. The molecule has 0 unspecified atom stereocenters. The molecule has 0 fully saturated rings. The van der Waals surface area contributed by atoms with Crippen molar-refractivity contribution in [3.63, 3.8) is 0 Å². The van der Waals surface area contributed by atoms with Gasteiger partial charge in [0.15, 0.2) is 0 Å². The highest BCUT2D eigenvalue weighted by molar-refractivity contribution is 7.99. The van der Waals surface area contributed by atoms with E-state index in [0.717, 1.165) is 16.7 Å². The first-order valence-electron chi connectivity index (χ1n) is 11.8. The molecule has 3 aromatic carbocycles. The highest BCUT2D eigenvalue weighted by Gasteiger charge is 2.32. The molecule has 0 aromatic heterocycles. The molecule has 1 atom stereocenters. The maximum absolute atomic E-state index is 13.6. The van der Waals surface area contributed by atoms with Gasteiger partial charge < -0.3 is 10.2 Å². The summed E-state index contributed by atoms with van der Waals surface area (Å²) in [7, 11) is 0. The molecule has 1 N–H and O–H groups in total. The molecule has 0 aliphatic rings. The SMILES string of the molecule is CC(C)(C)NC(=O)[C@H](Cc1ccccc1)N(Cc1ccccc1)C(=O)CSCc1ccc(Cl)cc1Cl. The number of carbonyl (C=O) groups excluding carboxylic acids is 2. The van der Waals surface area contributed by atoms with Gasteiger partial charge in [0.05, 0.1) is 5.75 Å². The second-order valence-electron chi connectivity index (χ2n) is 9.68. The van der Waals surface area contributed by atoms with Gasteiger partial charge in [0.1, 0.15) is 6.04 Å². The van der Waals surface area contributed by atoms with Crippen molar-refractivity contribution in [3.05, 3.63) is 106 Å². The number of hydrogen-bond donors (Lipinski definition) is 1. The van der Waals surface area contributed by atoms with Gasteiger partial charge in [0.2, 0.25) is 11.8 Å². The van der Waals surface area contributed by atoms with Crippen LogP contribution in [0, 0.1) is 0 Å². The molecule has 0 aliphatic carbocycles. The minimum atomic E-state index is -0.654. The van der Waals surface area contributed by atoms with Gasteiger partial charge in [-0.15, -0.1) is 11.8 Å². The van der Waals surface area contributed by atoms with Gasteiger partial charge in [-0.1, -0.05) is 89.9 Å². The molecule has 36 heavy (non-hydrogen) atoms. The lowest BCUT2D eigenvalue weighted by Gasteiger charge is -2.34. The van der Waals surface area contributed by atoms with E-state index in [9.17, 15) is 9.59 Å². The Kier molecular flexibility index (Phi) is 10.3. The lowest BCUT2D eigenvalue weighted by molar-refractivity contribution is -0.140. The molecule has 0 radical (unpaired) electrons. The van der Waals surface area contributed by atoms with E-state index >= 15 is 0 Å². The van der Waals surface area contributed by atoms with Crippen molar-refractivity contribution in [3.8, 4) is 0 Å². The number of hydrogen-bond acceptors (Lipinski definition) is 3. The Balaban J connectivity index is 1.85. The molecule has 4 nitrogen and oxygen atoms in total. The van der Waals surface area contributed by atoms with Gasteiger partial charge in [0, 0.05) is 34.3 Å². The third-order valence-electron chi connectivity index (χ3n) is 5.46. The van der Waals surface area contributed by atoms with E-state index < -0.39 is 11.6 Å². The van der Waals surface area contributed by atoms with Gasteiger partial charge in [-0.2, -0.15) is 0 Å². The van der Waals surface area contributed by atoms with Gasteiger partial charge >= 0.3 is 0 Å². The first kappa shape index (κ1) is 28.1. The maximum Gasteiger partial charge on any atom is 0.243 e. The van der Waals surface area contributed by atoms with Crippen molar-refractivity contribution >= 4 is 46.8 Å². The summed E-state index contributed by atoms with van der Waals surface area (Å²) in [5.41, 5.74) is 2.46. The number of benzene rings is 3. The Bertz CT molecular complexity index is 1150. The van der Waals surface area contributed by atoms with E-state index in [2.05, 4.69) is 5.32 Å². The van der Waals surface area contributed by atoms with Crippen molar-refractivity contribution < 1.29 is 9.59 Å². The Hall–Kier alpha value is -2.47. The van der Waals surface area contributed by atoms with E-state index in [-0.39, 0.29) is 17.6 Å². The summed E-state index contributed by atoms with van der Waals surface area (Å²) in [4.78, 5) is 28.9. The molecular formula is C29H32Cl2N2O2S. The van der Waals surface area contributed by atoms with Crippen molar-refractivity contribution in [1.29, 1.82) is 0 Å². The smallest absolute Gasteiger partial charge is 0.243 e. The fraction of sp³-hybridized carbons (Fsp3) is 0.310. The molecule has 2 amide bonds. The fourth-order valence-electron chi connectivity index (χ4n) is 3.76. The lowest BCUT2D eigenvalue weighted by Crippen LogP contribution is -2.54. The fourth-order valence-corrected chi connectivity index (χ4v) is 5.23. The first-order valence-corrected chi connectivity index (χ1v) is 13.7. The van der Waals surface area contributed by atoms with Crippen LogP contribution in [0.3, 0.4) is 0 Å². The van der Waals surface area contributed by atoms with Crippen molar-refractivity contribution in [2.45, 2.75) is 51.1 Å². The van der Waals surface area contributed by atoms with E-state index in [4.69, 9.17) is 23.2 Å². The molecule has 190 valence electrons. The highest BCUT2D eigenvalue weighted by Crippen LogP contribution is 2.25. The molecule has 0 saturated carbocycles. The van der Waals surface area contributed by atoms with Crippen LogP contribution in [0.4, 0.5) is 0 Å². The summed E-state index contributed by atoms with van der Waals surface area (Å²) < 4.78 is 0. The van der Waals surface area contributed by atoms with E-state index in [1.54, 1.807) is 17.0 Å². The van der Waals surface area contributed by atoms with Crippen LogP contribution in [-0.4, -0.2) is 34.0 Å². The van der Waals surface area contributed by atoms with Crippen LogP contribution < -0.4 is 5.32 Å². The van der Waals surface area contributed by atoms with Crippen molar-refractivity contribution in [1.82, 2.24) is 10.2 Å². The molecule has 0 saturated heterocycles. The van der Waals surface area contributed by atoms with E-state index in [0.29, 0.717) is 28.8 Å². The highest BCUT2D eigenvalue weighted by atomic mass is 35.5. The van der Waals surface area contributed by atoms with Crippen LogP contribution in [0.25, 0.3) is 0 Å². The summed E-state index contributed by atoms with van der Waals surface area (Å²) in [5.74, 6) is 0.526. The monoisotopic (exact) mass is 542 g/mol. The first-order chi connectivity index (χ1) is 17.1. The Morgan fingerprint density at radius 2 is 1.53 bits per heavy atom. The third kappa shape index (κ3) is 8.88. The average molecular weight is 544 g/mol. The lowest BCUT2D eigenvalue weighted by atomic mass is 10.0. The molecule has 0 aliphatic heterocycles. The number of rotatable bonds is 10. The molecule has 3 aromatic rings. The Morgan fingerprint density at radius 1 is 0.917 bits per heavy atom. The number of carbonyl (C=O) groups is 2. The number of amides is 2. The Labute approximate surface area is 228 Å². The second kappa shape index (κ2) is 13.2. The average Bonchev–Trinajstić information content (AvgIpc) is 2.83. The maximum atomic E-state index is 13.6. The predicted molar refractivity (Wildman–Crippen MR) is 151 cm³/mol. The zero-order chi connectivity index (χ0) is 26.1. The zero-order valence-electron chi connectivity index (χ0n) is 20.8. The molecule has 3 rings (SSSR count). The summed E-state index contributed by atoms with van der Waals surface area (Å²) in [6.07, 6.45) is 0.426. The summed E-state index contributed by atoms with van der Waals surface area (Å²) in [6.45, 7) is 6.18. The van der Waals surface area contributed by atoms with Crippen molar-refractivity contribution in [2.24, 2.45) is 0 Å². The minimum absolute atomic E-state index is 0.0982. The largest absolute Gasteiger partial charge is 0.350 e. The number of nitrogens with zero attached hydrogens (tertiary/aromatic N) is 1. The molecule has 7 heteroatoms. The summed E-state index contributed by atoms with van der Waals surface area (Å²) in [5, 5.41) is 4.24. The molecule has 0 bridgehead atoms. The van der Waals surface area contributed by atoms with Crippen LogP contribution in [0.2, 0.25) is 10.0 Å². The van der Waals surface area contributed by atoms with Crippen LogP contribution in [0.1, 0.15) is 37.5 Å². The number of thioether (sulfide) groups is 1. The van der Waals surface area contributed by atoms with E-state index in [1.807, 2.05) is 87.5 Å². The van der Waals surface area contributed by atoms with Crippen LogP contribution in [0.5, 0.6) is 0 Å². The van der Waals surface area contributed by atoms with Crippen molar-refractivity contribution in [2.75, 3.05) is 5.75 Å². The third-order valence-corrected chi connectivity index (χ3v) is 7.02. The quantitative estimate of drug-likeness (QED) is 0.307. The topological polar surface area (TPSA) is 49.4 Å². The van der Waals surface area contributed by atoms with Gasteiger partial charge in [-0.25, -0.2) is 0 Å². The minimum Gasteiger partial charge on any atom is -0.350 e. The Morgan fingerprint density at radius 3 is 2.11 bits per heavy atom. The van der Waals surface area contributed by atoms with Gasteiger partial charge in [-0.3, -0.25) is 9.59 Å². The summed E-state index contributed by atoms with van der Waals surface area (Å²) >= 11 is 13.8. The normalized spacial score (nSPS) is 12.1. The number of nitrogens with one attached hydrogen (secondary N) is 1. The zero-order valence-corrected chi connectivity index (χ0v) is 23.2. The van der Waals surface area contributed by atoms with Crippen LogP contribution >= 0.6 is 35.0 Å². The molecule has 0 heterocycles. The number of halogens is 2. The predicted octanol–water partition coefficient (Wildman–Crippen LogP) is 6.78. The van der Waals surface area contributed by atoms with Crippen LogP contribution in [0.15, 0.2) is 78.9 Å². The van der Waals surface area contributed by atoms with E-state index in [1.165, 1.54) is 11.8 Å².